The number of primary amides is 1. The number of nitrogens with one attached hydrogen (secondary N) is 1. The van der Waals surface area contributed by atoms with Gasteiger partial charge >= 0.3 is 18.0 Å². The molecule has 0 fully saturated rings. The van der Waals surface area contributed by atoms with Crippen LogP contribution in [0.15, 0.2) is 53.6 Å². The van der Waals surface area contributed by atoms with Crippen LogP contribution in [0.2, 0.25) is 0 Å². The van der Waals surface area contributed by atoms with Crippen molar-refractivity contribution in [3.05, 3.63) is 65.5 Å². The van der Waals surface area contributed by atoms with Crippen molar-refractivity contribution in [3.8, 4) is 0 Å². The molecule has 0 aliphatic carbocycles. The summed E-state index contributed by atoms with van der Waals surface area (Å²) in [7, 11) is 0. The van der Waals surface area contributed by atoms with E-state index in [1.807, 2.05) is 0 Å². The summed E-state index contributed by atoms with van der Waals surface area (Å²) in [6.45, 7) is -2.95. The Hall–Kier alpha value is -3.42. The first-order valence-electron chi connectivity index (χ1n) is 9.42. The predicted octanol–water partition coefficient (Wildman–Crippen LogP) is 4.08. The number of anilines is 1. The lowest BCUT2D eigenvalue weighted by atomic mass is 10.1. The van der Waals surface area contributed by atoms with Gasteiger partial charge in [0.2, 0.25) is 5.84 Å². The smallest absolute Gasteiger partial charge is 0.370 e. The molecule has 0 aromatic heterocycles. The first-order chi connectivity index (χ1) is 15.7. The fraction of sp³-hybridized carbons (Fsp3) is 0.300. The molecule has 0 saturated carbocycles. The number of hydrazone groups is 1. The average molecular weight is 496 g/mol. The highest BCUT2D eigenvalue weighted by molar-refractivity contribution is 6.38. The molecule has 1 heterocycles. The fourth-order valence-corrected chi connectivity index (χ4v) is 3.00. The Kier molecular flexibility index (Phi) is 6.73. The topological polar surface area (TPSA) is 80.0 Å². The standard InChI is InChI=1S/C20H16F8N4O2/c21-14-7-2-1-6-13(14)17-30-16(15(29)33)31-32(17)12-5-3-4-11(8-12)9-34-10-18(22,23)19(24,25)20(26,27)28/h1-8,17H,9-10H2,(H2,29,33)(H,30,31). The van der Waals surface area contributed by atoms with Gasteiger partial charge in [-0.05, 0) is 23.8 Å². The summed E-state index contributed by atoms with van der Waals surface area (Å²) in [5, 5.41) is 7.80. The number of nitrogens with zero attached hydrogens (tertiary/aromatic N) is 2. The van der Waals surface area contributed by atoms with Gasteiger partial charge < -0.3 is 15.8 Å². The molecule has 184 valence electrons. The van der Waals surface area contributed by atoms with Gasteiger partial charge in [-0.2, -0.15) is 30.7 Å². The number of carbonyl (C=O) groups excluding carboxylic acids is 1. The average Bonchev–Trinajstić information content (AvgIpc) is 3.19. The van der Waals surface area contributed by atoms with Gasteiger partial charge in [0.1, 0.15) is 12.4 Å². The third-order valence-electron chi connectivity index (χ3n) is 4.70. The molecule has 2 aromatic rings. The molecule has 3 rings (SSSR count). The Bertz CT molecular complexity index is 1090. The minimum Gasteiger partial charge on any atom is -0.370 e. The van der Waals surface area contributed by atoms with Crippen molar-refractivity contribution >= 4 is 17.4 Å². The van der Waals surface area contributed by atoms with Crippen LogP contribution in [0.4, 0.5) is 40.8 Å². The zero-order valence-electron chi connectivity index (χ0n) is 16.9. The maximum atomic E-state index is 14.3. The molecule has 14 heteroatoms. The van der Waals surface area contributed by atoms with Gasteiger partial charge in [0.05, 0.1) is 12.3 Å². The van der Waals surface area contributed by atoms with Gasteiger partial charge in [0.15, 0.2) is 6.17 Å². The lowest BCUT2D eigenvalue weighted by Crippen LogP contribution is -2.54. The second-order valence-electron chi connectivity index (χ2n) is 7.17. The molecule has 3 N–H and O–H groups in total. The van der Waals surface area contributed by atoms with Crippen LogP contribution >= 0.6 is 0 Å². The van der Waals surface area contributed by atoms with Crippen LogP contribution in [0.3, 0.4) is 0 Å². The van der Waals surface area contributed by atoms with Crippen LogP contribution in [-0.4, -0.2) is 36.4 Å². The van der Waals surface area contributed by atoms with Gasteiger partial charge in [-0.15, -0.1) is 5.10 Å². The first-order valence-corrected chi connectivity index (χ1v) is 9.42. The van der Waals surface area contributed by atoms with Gasteiger partial charge in [-0.3, -0.25) is 4.79 Å². The summed E-state index contributed by atoms with van der Waals surface area (Å²) >= 11 is 0. The Morgan fingerprint density at radius 2 is 1.74 bits per heavy atom. The fourth-order valence-electron chi connectivity index (χ4n) is 3.00. The van der Waals surface area contributed by atoms with Crippen molar-refractivity contribution in [3.63, 3.8) is 0 Å². The molecular formula is C20H16F8N4O2. The second-order valence-corrected chi connectivity index (χ2v) is 7.17. The molecule has 34 heavy (non-hydrogen) atoms. The number of alkyl halides is 7. The number of rotatable bonds is 8. The van der Waals surface area contributed by atoms with Crippen molar-refractivity contribution in [2.45, 2.75) is 30.8 Å². The Balaban J connectivity index is 1.80. The maximum absolute atomic E-state index is 14.3. The summed E-state index contributed by atoms with van der Waals surface area (Å²) in [6.07, 6.45) is -7.49. The number of carbonyl (C=O) groups is 1. The van der Waals surface area contributed by atoms with E-state index in [0.717, 1.165) is 5.01 Å². The third kappa shape index (κ3) is 4.90. The van der Waals surface area contributed by atoms with Crippen molar-refractivity contribution in [1.82, 2.24) is 5.32 Å². The number of amidine groups is 1. The van der Waals surface area contributed by atoms with Crippen LogP contribution in [-0.2, 0) is 16.1 Å². The van der Waals surface area contributed by atoms with E-state index in [2.05, 4.69) is 15.2 Å². The van der Waals surface area contributed by atoms with E-state index < -0.39 is 49.1 Å². The number of amides is 1. The van der Waals surface area contributed by atoms with Crippen LogP contribution in [0.1, 0.15) is 17.3 Å². The van der Waals surface area contributed by atoms with Crippen LogP contribution in [0.5, 0.6) is 0 Å². The van der Waals surface area contributed by atoms with Crippen molar-refractivity contribution in [2.75, 3.05) is 11.6 Å². The van der Waals surface area contributed by atoms with Gasteiger partial charge in [0.25, 0.3) is 5.91 Å². The van der Waals surface area contributed by atoms with Crippen LogP contribution in [0.25, 0.3) is 0 Å². The van der Waals surface area contributed by atoms with Crippen LogP contribution in [0, 0.1) is 5.82 Å². The normalized spacial score (nSPS) is 16.9. The molecule has 0 radical (unpaired) electrons. The van der Waals surface area contributed by atoms with E-state index in [-0.39, 0.29) is 22.6 Å². The van der Waals surface area contributed by atoms with Gasteiger partial charge in [-0.1, -0.05) is 30.3 Å². The predicted molar refractivity (Wildman–Crippen MR) is 103 cm³/mol. The van der Waals surface area contributed by atoms with Gasteiger partial charge in [0, 0.05) is 5.56 Å². The largest absolute Gasteiger partial charge is 0.459 e. The zero-order valence-corrected chi connectivity index (χ0v) is 16.9. The SMILES string of the molecule is NC(=O)C1=NN(c2cccc(COCC(F)(F)C(F)(F)C(F)(F)F)c2)C(c2ccccc2F)N1. The molecule has 1 aliphatic heterocycles. The van der Waals surface area contributed by atoms with E-state index in [4.69, 9.17) is 5.73 Å². The zero-order chi connectivity index (χ0) is 25.3. The van der Waals surface area contributed by atoms with E-state index >= 15 is 0 Å². The molecule has 0 spiro atoms. The van der Waals surface area contributed by atoms with E-state index in [0.29, 0.717) is 0 Å². The van der Waals surface area contributed by atoms with Crippen molar-refractivity contribution in [2.24, 2.45) is 10.8 Å². The summed E-state index contributed by atoms with van der Waals surface area (Å²) in [4.78, 5) is 11.6. The minimum absolute atomic E-state index is 0.0816. The third-order valence-corrected chi connectivity index (χ3v) is 4.70. The highest BCUT2D eigenvalue weighted by Crippen LogP contribution is 2.46. The van der Waals surface area contributed by atoms with Gasteiger partial charge in [-0.25, -0.2) is 9.40 Å². The second kappa shape index (κ2) is 9.08. The molecule has 0 saturated heterocycles. The molecule has 0 bridgehead atoms. The lowest BCUT2D eigenvalue weighted by molar-refractivity contribution is -0.361. The van der Waals surface area contributed by atoms with Crippen molar-refractivity contribution < 1.29 is 44.7 Å². The molecule has 1 amide bonds. The Labute approximate surface area is 187 Å². The minimum atomic E-state index is -6.46. The van der Waals surface area contributed by atoms with E-state index in [1.165, 1.54) is 48.5 Å². The highest BCUT2D eigenvalue weighted by atomic mass is 19.4. The maximum Gasteiger partial charge on any atom is 0.459 e. The monoisotopic (exact) mass is 496 g/mol. The number of benzene rings is 2. The molecule has 1 atom stereocenters. The number of ether oxygens (including phenoxy) is 1. The number of hydrogen-bond acceptors (Lipinski definition) is 5. The van der Waals surface area contributed by atoms with E-state index in [1.54, 1.807) is 0 Å². The number of nitrogens with two attached hydrogens (primary N) is 1. The summed E-state index contributed by atoms with van der Waals surface area (Å²) in [5.41, 5.74) is 5.60. The molecule has 1 unspecified atom stereocenters. The van der Waals surface area contributed by atoms with Crippen molar-refractivity contribution in [1.29, 1.82) is 0 Å². The summed E-state index contributed by atoms with van der Waals surface area (Å²) < 4.78 is 108. The number of halogens is 8. The Morgan fingerprint density at radius 1 is 1.06 bits per heavy atom. The molecular weight excluding hydrogens is 480 g/mol. The highest BCUT2D eigenvalue weighted by Gasteiger charge is 2.73. The first kappa shape index (κ1) is 25.2. The summed E-state index contributed by atoms with van der Waals surface area (Å²) in [5.74, 6) is -13.7. The van der Waals surface area contributed by atoms with E-state index in [9.17, 15) is 39.9 Å². The Morgan fingerprint density at radius 3 is 2.35 bits per heavy atom. The quantitative estimate of drug-likeness (QED) is 0.540. The molecule has 6 nitrogen and oxygen atoms in total. The molecule has 2 aromatic carbocycles. The lowest BCUT2D eigenvalue weighted by Gasteiger charge is -2.28. The van der Waals surface area contributed by atoms with Crippen LogP contribution < -0.4 is 16.1 Å². The number of hydrogen-bond donors (Lipinski definition) is 2. The summed E-state index contributed by atoms with van der Waals surface area (Å²) in [6, 6.07) is 11.0. The molecule has 1 aliphatic rings.